The topological polar surface area (TPSA) is 25.4 Å². The van der Waals surface area contributed by atoms with Crippen LogP contribution in [0.1, 0.15) is 35.8 Å². The lowest BCUT2D eigenvalue weighted by atomic mass is 9.98. The normalized spacial score (nSPS) is 21.4. The fourth-order valence-corrected chi connectivity index (χ4v) is 12.4. The van der Waals surface area contributed by atoms with Crippen LogP contribution in [0.3, 0.4) is 0 Å². The average Bonchev–Trinajstić information content (AvgIpc) is 3.37. The maximum atomic E-state index is 6.51. The largest absolute Gasteiger partial charge is 0.496 e. The second-order valence-corrected chi connectivity index (χ2v) is 16.9. The summed E-state index contributed by atoms with van der Waals surface area (Å²) in [7, 11) is 0.136. The van der Waals surface area contributed by atoms with E-state index in [2.05, 4.69) is 95.5 Å². The van der Waals surface area contributed by atoms with Gasteiger partial charge >= 0.3 is 0 Å². The van der Waals surface area contributed by atoms with Gasteiger partial charge in [0.25, 0.3) is 0 Å². The molecule has 0 spiro atoms. The van der Waals surface area contributed by atoms with E-state index >= 15 is 0 Å². The number of alkyl halides is 1. The Morgan fingerprint density at radius 2 is 1.72 bits per heavy atom. The van der Waals surface area contributed by atoms with Crippen LogP contribution < -0.4 is 4.74 Å². The van der Waals surface area contributed by atoms with E-state index in [1.807, 2.05) is 0 Å². The van der Waals surface area contributed by atoms with E-state index in [1.54, 1.807) is 7.11 Å². The first-order valence-electron chi connectivity index (χ1n) is 11.9. The Morgan fingerprint density at radius 3 is 2.34 bits per heavy atom. The predicted octanol–water partition coefficient (Wildman–Crippen LogP) is 6.35. The van der Waals surface area contributed by atoms with Crippen molar-refractivity contribution in [2.75, 3.05) is 12.4 Å². The number of ether oxygens (including phenoxy) is 1. The number of halogens is 1. The fraction of sp³-hybridized carbons (Fsp3) is 0.462. The minimum Gasteiger partial charge on any atom is -0.496 e. The van der Waals surface area contributed by atoms with Gasteiger partial charge < -0.3 is 9.15 Å². The molecule has 2 heterocycles. The van der Waals surface area contributed by atoms with Crippen LogP contribution in [0.5, 0.6) is 5.75 Å². The van der Waals surface area contributed by atoms with Crippen molar-refractivity contribution in [1.29, 1.82) is 0 Å². The van der Waals surface area contributed by atoms with Gasteiger partial charge in [0, 0.05) is 27.6 Å². The van der Waals surface area contributed by atoms with Gasteiger partial charge in [0.05, 0.1) is 30.7 Å². The Kier molecular flexibility index (Phi) is 7.65. The van der Waals surface area contributed by atoms with Gasteiger partial charge in [-0.2, -0.15) is 0 Å². The number of rotatable bonds is 10. The van der Waals surface area contributed by atoms with Crippen LogP contribution in [0, 0.1) is 0 Å². The van der Waals surface area contributed by atoms with E-state index in [1.165, 1.54) is 29.4 Å². The Balaban J connectivity index is 1.81. The molecule has 3 atom stereocenters. The standard InChI is InChI=1S/C26H36BrNO2Si2/c1-29-22-14-13-18(10-8-9-15-27)16-20(22)24(28-25(31(2)3)26(28)32(4)5)23-17-19-11-6-7-12-21(19)30-23/h6-7,11-14,16-17,24-26,31-32H,8-10,15H2,1-5H3. The molecular weight excluding hydrogens is 494 g/mol. The van der Waals surface area contributed by atoms with Crippen LogP contribution in [0.2, 0.25) is 26.2 Å². The second kappa shape index (κ2) is 10.3. The van der Waals surface area contributed by atoms with Crippen molar-refractivity contribution >= 4 is 44.5 Å². The van der Waals surface area contributed by atoms with E-state index in [4.69, 9.17) is 9.15 Å². The highest BCUT2D eigenvalue weighted by atomic mass is 79.9. The van der Waals surface area contributed by atoms with Gasteiger partial charge in [-0.05, 0) is 43.0 Å². The number of benzene rings is 2. The van der Waals surface area contributed by atoms with E-state index in [9.17, 15) is 0 Å². The molecule has 6 heteroatoms. The van der Waals surface area contributed by atoms with E-state index in [0.717, 1.165) is 40.2 Å². The van der Waals surface area contributed by atoms with Gasteiger partial charge in [-0.15, -0.1) is 0 Å². The molecule has 1 aliphatic rings. The lowest BCUT2D eigenvalue weighted by Crippen LogP contribution is -2.21. The summed E-state index contributed by atoms with van der Waals surface area (Å²) in [5.41, 5.74) is 5.10. The quantitative estimate of drug-likeness (QED) is 0.132. The van der Waals surface area contributed by atoms with Crippen molar-refractivity contribution in [3.8, 4) is 5.75 Å². The Labute approximate surface area is 204 Å². The van der Waals surface area contributed by atoms with Gasteiger partial charge in [-0.3, -0.25) is 4.90 Å². The molecule has 1 fully saturated rings. The number of fused-ring (bicyclic) bond motifs is 1. The molecule has 1 saturated heterocycles. The van der Waals surface area contributed by atoms with Crippen LogP contribution in [0.15, 0.2) is 52.9 Å². The Morgan fingerprint density at radius 1 is 1.00 bits per heavy atom. The van der Waals surface area contributed by atoms with Gasteiger partial charge in [0.2, 0.25) is 0 Å². The summed E-state index contributed by atoms with van der Waals surface area (Å²) in [5.74, 6) is 2.03. The Hall–Kier alpha value is -1.35. The van der Waals surface area contributed by atoms with Crippen LogP contribution >= 0.6 is 15.9 Å². The van der Waals surface area contributed by atoms with Crippen LogP contribution in [-0.2, 0) is 6.42 Å². The first-order chi connectivity index (χ1) is 15.5. The van der Waals surface area contributed by atoms with Crippen molar-refractivity contribution in [2.45, 2.75) is 62.8 Å². The monoisotopic (exact) mass is 529 g/mol. The maximum absolute atomic E-state index is 6.51. The number of unbranched alkanes of at least 4 members (excludes halogenated alkanes) is 1. The minimum absolute atomic E-state index is 0.119. The maximum Gasteiger partial charge on any atom is 0.134 e. The first kappa shape index (κ1) is 23.8. The molecule has 3 nitrogen and oxygen atoms in total. The van der Waals surface area contributed by atoms with Crippen molar-refractivity contribution in [3.63, 3.8) is 0 Å². The van der Waals surface area contributed by atoms with Gasteiger partial charge in [-0.1, -0.05) is 72.4 Å². The molecule has 0 saturated carbocycles. The third-order valence-electron chi connectivity index (χ3n) is 6.76. The highest BCUT2D eigenvalue weighted by Gasteiger charge is 2.55. The third-order valence-corrected chi connectivity index (χ3v) is 12.0. The predicted molar refractivity (Wildman–Crippen MR) is 145 cm³/mol. The molecule has 172 valence electrons. The molecule has 1 aliphatic heterocycles. The molecule has 32 heavy (non-hydrogen) atoms. The summed E-state index contributed by atoms with van der Waals surface area (Å²) < 4.78 is 12.4. The zero-order chi connectivity index (χ0) is 22.8. The summed E-state index contributed by atoms with van der Waals surface area (Å²) in [6.07, 6.45) is 3.49. The summed E-state index contributed by atoms with van der Waals surface area (Å²) in [4.78, 5) is 2.78. The molecule has 0 bridgehead atoms. The highest BCUT2D eigenvalue weighted by molar-refractivity contribution is 9.09. The Bertz CT molecular complexity index is 1000. The van der Waals surface area contributed by atoms with E-state index in [0.29, 0.717) is 0 Å². The number of methoxy groups -OCH3 is 1. The number of para-hydroxylation sites is 1. The second-order valence-electron chi connectivity index (χ2n) is 9.73. The van der Waals surface area contributed by atoms with Gasteiger partial charge in [-0.25, -0.2) is 0 Å². The first-order valence-corrected chi connectivity index (χ1v) is 19.0. The smallest absolute Gasteiger partial charge is 0.134 e. The lowest BCUT2D eigenvalue weighted by Gasteiger charge is -2.23. The van der Waals surface area contributed by atoms with Gasteiger partial charge in [0.1, 0.15) is 17.1 Å². The highest BCUT2D eigenvalue weighted by Crippen LogP contribution is 2.48. The van der Waals surface area contributed by atoms with Gasteiger partial charge in [0.15, 0.2) is 0 Å². The molecule has 4 rings (SSSR count). The third kappa shape index (κ3) is 4.79. The van der Waals surface area contributed by atoms with Crippen LogP contribution in [0.4, 0.5) is 0 Å². The zero-order valence-corrected chi connectivity index (χ0v) is 23.9. The molecule has 0 radical (unpaired) electrons. The van der Waals surface area contributed by atoms with E-state index in [-0.39, 0.29) is 6.04 Å². The summed E-state index contributed by atoms with van der Waals surface area (Å²) in [6, 6.07) is 17.5. The summed E-state index contributed by atoms with van der Waals surface area (Å²) >= 11 is 3.57. The van der Waals surface area contributed by atoms with E-state index < -0.39 is 17.6 Å². The molecule has 2 aromatic carbocycles. The molecule has 1 aromatic heterocycles. The van der Waals surface area contributed by atoms with Crippen LogP contribution in [0.25, 0.3) is 11.0 Å². The number of hydrogen-bond acceptors (Lipinski definition) is 3. The molecule has 3 unspecified atom stereocenters. The fourth-order valence-electron chi connectivity index (χ4n) is 5.28. The summed E-state index contributed by atoms with van der Waals surface area (Å²) in [6.45, 7) is 9.99. The average molecular weight is 531 g/mol. The minimum atomic E-state index is -0.830. The van der Waals surface area contributed by atoms with Crippen molar-refractivity contribution in [1.82, 2.24) is 4.90 Å². The molecule has 3 aromatic rings. The van der Waals surface area contributed by atoms with Crippen LogP contribution in [-0.4, -0.2) is 46.3 Å². The number of aryl methyl sites for hydroxylation is 1. The molecular formula is C26H36BrNO2Si2. The molecule has 0 amide bonds. The van der Waals surface area contributed by atoms with Crippen molar-refractivity contribution in [2.24, 2.45) is 0 Å². The zero-order valence-electron chi connectivity index (χ0n) is 20.0. The molecule has 0 aliphatic carbocycles. The number of nitrogens with zero attached hydrogens (tertiary/aromatic N) is 1. The number of hydrogen-bond donors (Lipinski definition) is 0. The van der Waals surface area contributed by atoms with Crippen molar-refractivity contribution < 1.29 is 9.15 Å². The SMILES string of the molecule is COc1ccc(CCCCBr)cc1C(c1cc2ccccc2o1)N1C([SiH](C)C)C1[SiH](C)C. The van der Waals surface area contributed by atoms with Crippen molar-refractivity contribution in [3.05, 3.63) is 65.4 Å². The molecule has 0 N–H and O–H groups in total. The summed E-state index contributed by atoms with van der Waals surface area (Å²) in [5, 5.41) is 2.24. The lowest BCUT2D eigenvalue weighted by molar-refractivity contribution is 0.353. The number of furan rings is 1.